The van der Waals surface area contributed by atoms with Crippen LogP contribution >= 0.6 is 11.3 Å². The Morgan fingerprint density at radius 1 is 1.13 bits per heavy atom. The molecule has 1 aromatic carbocycles. The Labute approximate surface area is 186 Å². The van der Waals surface area contributed by atoms with E-state index in [9.17, 15) is 21.6 Å². The molecule has 0 spiro atoms. The molecular weight excluding hydrogens is 458 g/mol. The summed E-state index contributed by atoms with van der Waals surface area (Å²) in [6, 6.07) is 9.83. The van der Waals surface area contributed by atoms with Crippen molar-refractivity contribution in [1.82, 2.24) is 14.5 Å². The number of nitrogens with zero attached hydrogens (tertiary/aromatic N) is 2. The minimum absolute atomic E-state index is 0.0325. The minimum Gasteiger partial charge on any atom is -0.336 e. The fourth-order valence-electron chi connectivity index (χ4n) is 4.00. The number of amides is 1. The lowest BCUT2D eigenvalue weighted by molar-refractivity contribution is 0.0587. The number of hydrogen-bond acceptors (Lipinski definition) is 7. The Bertz CT molecular complexity index is 1140. The molecule has 1 N–H and O–H groups in total. The third kappa shape index (κ3) is 5.35. The van der Waals surface area contributed by atoms with Crippen molar-refractivity contribution in [2.45, 2.75) is 23.9 Å². The molecule has 0 bridgehead atoms. The van der Waals surface area contributed by atoms with Crippen LogP contribution in [0.1, 0.15) is 21.7 Å². The van der Waals surface area contributed by atoms with Gasteiger partial charge in [-0.05, 0) is 36.1 Å². The molecule has 1 aromatic heterocycles. The second kappa shape index (κ2) is 8.99. The molecule has 0 radical (unpaired) electrons. The van der Waals surface area contributed by atoms with E-state index in [0.29, 0.717) is 38.2 Å². The van der Waals surface area contributed by atoms with Crippen molar-refractivity contribution in [3.05, 3.63) is 52.2 Å². The van der Waals surface area contributed by atoms with Crippen molar-refractivity contribution in [2.24, 2.45) is 0 Å². The standard InChI is InChI=1S/C20H25N3O5S3/c24-20(23-9-7-22(8-10-23)17-6-12-30(25,26)15-17)16-3-1-5-19(13-16)31(27,28)21-14-18-4-2-11-29-18/h1-5,11,13,17,21H,6-10,12,14-15H2/t17-/m1/s1. The van der Waals surface area contributed by atoms with E-state index < -0.39 is 19.9 Å². The lowest BCUT2D eigenvalue weighted by atomic mass is 10.1. The highest BCUT2D eigenvalue weighted by atomic mass is 32.2. The van der Waals surface area contributed by atoms with Gasteiger partial charge in [-0.15, -0.1) is 11.3 Å². The number of rotatable bonds is 6. The van der Waals surface area contributed by atoms with Gasteiger partial charge in [0.2, 0.25) is 10.0 Å². The lowest BCUT2D eigenvalue weighted by Gasteiger charge is -2.37. The van der Waals surface area contributed by atoms with E-state index in [4.69, 9.17) is 0 Å². The molecule has 31 heavy (non-hydrogen) atoms. The second-order valence-electron chi connectivity index (χ2n) is 7.82. The number of carbonyl (C=O) groups is 1. The number of carbonyl (C=O) groups excluding carboxylic acids is 1. The highest BCUT2D eigenvalue weighted by Gasteiger charge is 2.34. The van der Waals surface area contributed by atoms with Gasteiger partial charge >= 0.3 is 0 Å². The van der Waals surface area contributed by atoms with Crippen LogP contribution in [0.15, 0.2) is 46.7 Å². The zero-order chi connectivity index (χ0) is 22.1. The first kappa shape index (κ1) is 22.4. The molecule has 3 heterocycles. The number of nitrogens with one attached hydrogen (secondary N) is 1. The molecule has 2 aromatic rings. The van der Waals surface area contributed by atoms with Gasteiger partial charge in [0.15, 0.2) is 9.84 Å². The van der Waals surface area contributed by atoms with E-state index in [1.165, 1.54) is 23.5 Å². The van der Waals surface area contributed by atoms with Gasteiger partial charge in [-0.25, -0.2) is 21.6 Å². The summed E-state index contributed by atoms with van der Waals surface area (Å²) in [6.45, 7) is 2.42. The van der Waals surface area contributed by atoms with Crippen LogP contribution in [-0.2, 0) is 26.4 Å². The first-order valence-electron chi connectivity index (χ1n) is 10.1. The van der Waals surface area contributed by atoms with E-state index in [-0.39, 0.29) is 34.9 Å². The summed E-state index contributed by atoms with van der Waals surface area (Å²) in [4.78, 5) is 17.8. The molecule has 0 saturated carbocycles. The Balaban J connectivity index is 1.38. The molecule has 2 aliphatic rings. The number of piperazine rings is 1. The Hall–Kier alpha value is -1.79. The molecule has 1 amide bonds. The van der Waals surface area contributed by atoms with Crippen molar-refractivity contribution < 1.29 is 21.6 Å². The predicted molar refractivity (Wildman–Crippen MR) is 119 cm³/mol. The van der Waals surface area contributed by atoms with Gasteiger partial charge in [0.1, 0.15) is 0 Å². The highest BCUT2D eigenvalue weighted by Crippen LogP contribution is 2.21. The van der Waals surface area contributed by atoms with Crippen LogP contribution in [-0.4, -0.2) is 76.3 Å². The quantitative estimate of drug-likeness (QED) is 0.662. The van der Waals surface area contributed by atoms with E-state index >= 15 is 0 Å². The summed E-state index contributed by atoms with van der Waals surface area (Å²) >= 11 is 1.47. The number of sulfonamides is 1. The Morgan fingerprint density at radius 3 is 2.55 bits per heavy atom. The van der Waals surface area contributed by atoms with Crippen LogP contribution < -0.4 is 4.72 Å². The van der Waals surface area contributed by atoms with Crippen molar-refractivity contribution in [1.29, 1.82) is 0 Å². The summed E-state index contributed by atoms with van der Waals surface area (Å²) in [5, 5.41) is 1.88. The molecule has 0 unspecified atom stereocenters. The van der Waals surface area contributed by atoms with Gasteiger partial charge in [0, 0.05) is 49.2 Å². The fourth-order valence-corrected chi connectivity index (χ4v) is 7.54. The predicted octanol–water partition coefficient (Wildman–Crippen LogP) is 1.17. The van der Waals surface area contributed by atoms with Gasteiger partial charge in [-0.2, -0.15) is 0 Å². The van der Waals surface area contributed by atoms with Gasteiger partial charge in [0.05, 0.1) is 16.4 Å². The molecule has 8 nitrogen and oxygen atoms in total. The maximum absolute atomic E-state index is 13.0. The third-order valence-corrected chi connectivity index (χ3v) is 9.76. The zero-order valence-electron chi connectivity index (χ0n) is 16.9. The maximum Gasteiger partial charge on any atom is 0.253 e. The number of benzene rings is 1. The van der Waals surface area contributed by atoms with Crippen LogP contribution in [0.4, 0.5) is 0 Å². The normalized spacial score (nSPS) is 21.9. The van der Waals surface area contributed by atoms with E-state index in [2.05, 4.69) is 9.62 Å². The van der Waals surface area contributed by atoms with Crippen LogP contribution in [0.25, 0.3) is 0 Å². The van der Waals surface area contributed by atoms with Gasteiger partial charge in [-0.3, -0.25) is 9.69 Å². The van der Waals surface area contributed by atoms with Crippen molar-refractivity contribution in [2.75, 3.05) is 37.7 Å². The summed E-state index contributed by atoms with van der Waals surface area (Å²) in [6.07, 6.45) is 0.647. The molecule has 2 saturated heterocycles. The van der Waals surface area contributed by atoms with Crippen LogP contribution in [0, 0.1) is 0 Å². The molecule has 4 rings (SSSR count). The summed E-state index contributed by atoms with van der Waals surface area (Å²) in [5.74, 6) is 0.215. The van der Waals surface area contributed by atoms with E-state index in [1.54, 1.807) is 17.0 Å². The smallest absolute Gasteiger partial charge is 0.253 e. The lowest BCUT2D eigenvalue weighted by Crippen LogP contribution is -2.52. The van der Waals surface area contributed by atoms with Crippen LogP contribution in [0.2, 0.25) is 0 Å². The number of sulfone groups is 1. The molecule has 0 aliphatic carbocycles. The molecule has 2 aliphatic heterocycles. The topological polar surface area (TPSA) is 104 Å². The minimum atomic E-state index is -3.73. The molecule has 1 atom stereocenters. The third-order valence-electron chi connectivity index (χ3n) is 5.73. The van der Waals surface area contributed by atoms with Crippen LogP contribution in [0.3, 0.4) is 0 Å². The second-order valence-corrected chi connectivity index (χ2v) is 12.8. The summed E-state index contributed by atoms with van der Waals surface area (Å²) in [5.41, 5.74) is 0.330. The fraction of sp³-hybridized carbons (Fsp3) is 0.450. The van der Waals surface area contributed by atoms with Crippen molar-refractivity contribution in [3.63, 3.8) is 0 Å². The van der Waals surface area contributed by atoms with Crippen molar-refractivity contribution >= 4 is 37.1 Å². The molecule has 168 valence electrons. The monoisotopic (exact) mass is 483 g/mol. The number of thiophene rings is 1. The van der Waals surface area contributed by atoms with Crippen LogP contribution in [0.5, 0.6) is 0 Å². The Morgan fingerprint density at radius 2 is 1.90 bits per heavy atom. The Kier molecular flexibility index (Phi) is 6.50. The first-order valence-corrected chi connectivity index (χ1v) is 14.3. The van der Waals surface area contributed by atoms with E-state index in [1.807, 2.05) is 17.5 Å². The highest BCUT2D eigenvalue weighted by molar-refractivity contribution is 7.91. The summed E-state index contributed by atoms with van der Waals surface area (Å²) < 4.78 is 51.3. The van der Waals surface area contributed by atoms with Gasteiger partial charge in [0.25, 0.3) is 5.91 Å². The average molecular weight is 484 g/mol. The molecule has 2 fully saturated rings. The molecule has 11 heteroatoms. The van der Waals surface area contributed by atoms with Gasteiger partial charge in [-0.1, -0.05) is 12.1 Å². The first-order chi connectivity index (χ1) is 14.7. The SMILES string of the molecule is O=C(c1cccc(S(=O)(=O)NCc2cccs2)c1)N1CCN([C@@H]2CCS(=O)(=O)C2)CC1. The number of hydrogen-bond donors (Lipinski definition) is 1. The molecular formula is C20H25N3O5S3. The van der Waals surface area contributed by atoms with E-state index in [0.717, 1.165) is 4.88 Å². The zero-order valence-corrected chi connectivity index (χ0v) is 19.4. The summed E-state index contributed by atoms with van der Waals surface area (Å²) in [7, 11) is -6.67. The maximum atomic E-state index is 13.0. The van der Waals surface area contributed by atoms with Crippen molar-refractivity contribution in [3.8, 4) is 0 Å². The van der Waals surface area contributed by atoms with Gasteiger partial charge < -0.3 is 4.90 Å². The average Bonchev–Trinajstić information content (AvgIpc) is 3.41. The largest absolute Gasteiger partial charge is 0.336 e.